The SMILES string of the molecule is CCCCCCCCCOc1ccc(/C=C(/C#N)c2nc(C)cs2)cc1Cl. The van der Waals surface area contributed by atoms with E-state index in [2.05, 4.69) is 18.0 Å². The van der Waals surface area contributed by atoms with Crippen molar-refractivity contribution in [3.05, 3.63) is 44.9 Å². The summed E-state index contributed by atoms with van der Waals surface area (Å²) >= 11 is 7.82. The molecule has 0 N–H and O–H groups in total. The Balaban J connectivity index is 1.86. The lowest BCUT2D eigenvalue weighted by Crippen LogP contribution is -1.98. The number of hydrogen-bond acceptors (Lipinski definition) is 4. The zero-order valence-electron chi connectivity index (χ0n) is 16.1. The monoisotopic (exact) mass is 402 g/mol. The van der Waals surface area contributed by atoms with Crippen LogP contribution in [0.3, 0.4) is 0 Å². The molecule has 2 rings (SSSR count). The topological polar surface area (TPSA) is 45.9 Å². The predicted octanol–water partition coefficient (Wildman–Crippen LogP) is 7.30. The summed E-state index contributed by atoms with van der Waals surface area (Å²) in [4.78, 5) is 4.37. The second-order valence-corrected chi connectivity index (χ2v) is 7.89. The molecule has 0 spiro atoms. The van der Waals surface area contributed by atoms with Gasteiger partial charge >= 0.3 is 0 Å². The first kappa shape index (κ1) is 21.5. The van der Waals surface area contributed by atoms with Crippen molar-refractivity contribution in [2.24, 2.45) is 0 Å². The minimum absolute atomic E-state index is 0.543. The average molecular weight is 403 g/mol. The van der Waals surface area contributed by atoms with Gasteiger partial charge in [0.15, 0.2) is 0 Å². The quantitative estimate of drug-likeness (QED) is 0.292. The largest absolute Gasteiger partial charge is 0.492 e. The van der Waals surface area contributed by atoms with Gasteiger partial charge in [-0.25, -0.2) is 4.98 Å². The Kier molecular flexibility index (Phi) is 9.38. The maximum absolute atomic E-state index is 9.40. The number of hydrogen-bond donors (Lipinski definition) is 0. The van der Waals surface area contributed by atoms with Crippen LogP contribution in [0.5, 0.6) is 5.75 Å². The molecule has 27 heavy (non-hydrogen) atoms. The maximum atomic E-state index is 9.40. The first-order valence-electron chi connectivity index (χ1n) is 9.60. The number of allylic oxidation sites excluding steroid dienone is 1. The van der Waals surface area contributed by atoms with E-state index in [1.165, 1.54) is 49.9 Å². The molecule has 1 aromatic carbocycles. The fraction of sp³-hybridized carbons (Fsp3) is 0.455. The summed E-state index contributed by atoms with van der Waals surface area (Å²) in [7, 11) is 0. The third kappa shape index (κ3) is 7.36. The summed E-state index contributed by atoms with van der Waals surface area (Å²) < 4.78 is 5.81. The lowest BCUT2D eigenvalue weighted by molar-refractivity contribution is 0.304. The van der Waals surface area contributed by atoms with Gasteiger partial charge in [0.1, 0.15) is 16.8 Å². The fourth-order valence-corrected chi connectivity index (χ4v) is 3.76. The van der Waals surface area contributed by atoms with Crippen molar-refractivity contribution in [3.63, 3.8) is 0 Å². The summed E-state index contributed by atoms with van der Waals surface area (Å²) in [5, 5.41) is 12.6. The van der Waals surface area contributed by atoms with Crippen molar-refractivity contribution in [1.82, 2.24) is 4.98 Å². The molecule has 0 bridgehead atoms. The number of aromatic nitrogens is 1. The first-order valence-corrected chi connectivity index (χ1v) is 10.9. The van der Waals surface area contributed by atoms with E-state index in [9.17, 15) is 5.26 Å². The normalized spacial score (nSPS) is 11.4. The van der Waals surface area contributed by atoms with E-state index in [1.807, 2.05) is 36.6 Å². The Morgan fingerprint density at radius 3 is 2.59 bits per heavy atom. The molecule has 0 saturated heterocycles. The van der Waals surface area contributed by atoms with Crippen LogP contribution in [-0.2, 0) is 0 Å². The molecule has 144 valence electrons. The first-order chi connectivity index (χ1) is 13.1. The summed E-state index contributed by atoms with van der Waals surface area (Å²) in [6, 6.07) is 7.84. The number of nitrogens with zero attached hydrogens (tertiary/aromatic N) is 2. The molecular weight excluding hydrogens is 376 g/mol. The number of halogens is 1. The van der Waals surface area contributed by atoms with E-state index >= 15 is 0 Å². The zero-order chi connectivity index (χ0) is 19.5. The van der Waals surface area contributed by atoms with Crippen LogP contribution in [-0.4, -0.2) is 11.6 Å². The maximum Gasteiger partial charge on any atom is 0.137 e. The van der Waals surface area contributed by atoms with E-state index in [-0.39, 0.29) is 0 Å². The molecule has 0 aliphatic rings. The molecule has 0 radical (unpaired) electrons. The molecule has 2 aromatic rings. The van der Waals surface area contributed by atoms with E-state index in [0.717, 1.165) is 22.7 Å². The van der Waals surface area contributed by atoms with Gasteiger partial charge in [-0.1, -0.05) is 63.1 Å². The molecule has 0 aliphatic heterocycles. The summed E-state index contributed by atoms with van der Waals surface area (Å²) in [6.07, 6.45) is 10.6. The molecule has 0 unspecified atom stereocenters. The number of thiazole rings is 1. The molecule has 1 aromatic heterocycles. The fourth-order valence-electron chi connectivity index (χ4n) is 2.75. The summed E-state index contributed by atoms with van der Waals surface area (Å²) in [5.41, 5.74) is 2.33. The zero-order valence-corrected chi connectivity index (χ0v) is 17.7. The molecular formula is C22H27ClN2OS. The Morgan fingerprint density at radius 1 is 1.22 bits per heavy atom. The van der Waals surface area contributed by atoms with Crippen molar-refractivity contribution >= 4 is 34.6 Å². The van der Waals surface area contributed by atoms with Crippen molar-refractivity contribution in [2.45, 2.75) is 58.8 Å². The van der Waals surface area contributed by atoms with Gasteiger partial charge in [0.2, 0.25) is 0 Å². The Hall–Kier alpha value is -1.83. The number of benzene rings is 1. The highest BCUT2D eigenvalue weighted by atomic mass is 35.5. The molecule has 1 heterocycles. The van der Waals surface area contributed by atoms with Crippen LogP contribution in [0.4, 0.5) is 0 Å². The predicted molar refractivity (Wildman–Crippen MR) is 115 cm³/mol. The number of ether oxygens (including phenoxy) is 1. The molecule has 0 fully saturated rings. The number of rotatable bonds is 11. The number of nitriles is 1. The third-order valence-electron chi connectivity index (χ3n) is 4.24. The van der Waals surface area contributed by atoms with Crippen LogP contribution >= 0.6 is 22.9 Å². The van der Waals surface area contributed by atoms with Crippen LogP contribution in [0, 0.1) is 18.3 Å². The van der Waals surface area contributed by atoms with E-state index < -0.39 is 0 Å². The Morgan fingerprint density at radius 2 is 1.96 bits per heavy atom. The second-order valence-electron chi connectivity index (χ2n) is 6.62. The lowest BCUT2D eigenvalue weighted by atomic mass is 10.1. The third-order valence-corrected chi connectivity index (χ3v) is 5.53. The lowest BCUT2D eigenvalue weighted by Gasteiger charge is -2.09. The van der Waals surface area contributed by atoms with Crippen LogP contribution in [0.2, 0.25) is 5.02 Å². The number of unbranched alkanes of at least 4 members (excludes halogenated alkanes) is 6. The van der Waals surface area contributed by atoms with Crippen LogP contribution in [0.15, 0.2) is 23.6 Å². The van der Waals surface area contributed by atoms with Crippen LogP contribution < -0.4 is 4.74 Å². The van der Waals surface area contributed by atoms with Crippen LogP contribution in [0.25, 0.3) is 11.6 Å². The van der Waals surface area contributed by atoms with Crippen molar-refractivity contribution in [3.8, 4) is 11.8 Å². The van der Waals surface area contributed by atoms with Crippen LogP contribution in [0.1, 0.15) is 68.1 Å². The minimum atomic E-state index is 0.543. The highest BCUT2D eigenvalue weighted by Gasteiger charge is 2.07. The molecule has 0 aliphatic carbocycles. The van der Waals surface area contributed by atoms with Crippen molar-refractivity contribution in [1.29, 1.82) is 5.26 Å². The Bertz CT molecular complexity index is 792. The summed E-state index contributed by atoms with van der Waals surface area (Å²) in [5.74, 6) is 0.698. The Labute approximate surface area is 171 Å². The molecule has 5 heteroatoms. The summed E-state index contributed by atoms with van der Waals surface area (Å²) in [6.45, 7) is 4.84. The second kappa shape index (κ2) is 11.8. The van der Waals surface area contributed by atoms with Crippen molar-refractivity contribution < 1.29 is 4.74 Å². The minimum Gasteiger partial charge on any atom is -0.492 e. The smallest absolute Gasteiger partial charge is 0.137 e. The highest BCUT2D eigenvalue weighted by molar-refractivity contribution is 7.11. The van der Waals surface area contributed by atoms with Gasteiger partial charge < -0.3 is 4.74 Å². The molecule has 0 saturated carbocycles. The van der Waals surface area contributed by atoms with E-state index in [4.69, 9.17) is 16.3 Å². The van der Waals surface area contributed by atoms with Crippen molar-refractivity contribution in [2.75, 3.05) is 6.61 Å². The molecule has 0 atom stereocenters. The van der Waals surface area contributed by atoms with Gasteiger partial charge in [-0.15, -0.1) is 11.3 Å². The average Bonchev–Trinajstić information content (AvgIpc) is 3.09. The standard InChI is InChI=1S/C22H27ClN2OS/c1-3-4-5-6-7-8-9-12-26-21-11-10-18(14-20(21)23)13-19(15-24)22-25-17(2)16-27-22/h10-11,13-14,16H,3-9,12H2,1-2H3/b19-13-. The van der Waals surface area contributed by atoms with E-state index in [1.54, 1.807) is 0 Å². The van der Waals surface area contributed by atoms with Gasteiger partial charge in [-0.3, -0.25) is 0 Å². The molecule has 0 amide bonds. The number of aryl methyl sites for hydroxylation is 1. The van der Waals surface area contributed by atoms with Gasteiger partial charge in [0, 0.05) is 11.1 Å². The van der Waals surface area contributed by atoms with Gasteiger partial charge in [0.25, 0.3) is 0 Å². The van der Waals surface area contributed by atoms with E-state index in [0.29, 0.717) is 23.0 Å². The molecule has 3 nitrogen and oxygen atoms in total. The van der Waals surface area contributed by atoms with Gasteiger partial charge in [-0.2, -0.15) is 5.26 Å². The highest BCUT2D eigenvalue weighted by Crippen LogP contribution is 2.28. The van der Waals surface area contributed by atoms with Gasteiger partial charge in [-0.05, 0) is 37.1 Å². The van der Waals surface area contributed by atoms with Gasteiger partial charge in [0.05, 0.1) is 17.2 Å².